The van der Waals surface area contributed by atoms with Gasteiger partial charge in [-0.15, -0.1) is 0 Å². The van der Waals surface area contributed by atoms with Crippen LogP contribution in [0.2, 0.25) is 0 Å². The van der Waals surface area contributed by atoms with Gasteiger partial charge in [-0.2, -0.15) is 0 Å². The predicted molar refractivity (Wildman–Crippen MR) is 63.5 cm³/mol. The van der Waals surface area contributed by atoms with Gasteiger partial charge in [0.15, 0.2) is 0 Å². The summed E-state index contributed by atoms with van der Waals surface area (Å²) in [6.07, 6.45) is 7.56. The first-order valence-corrected chi connectivity index (χ1v) is 5.44. The van der Waals surface area contributed by atoms with Crippen molar-refractivity contribution in [2.24, 2.45) is 0 Å². The van der Waals surface area contributed by atoms with Gasteiger partial charge in [-0.05, 0) is 23.1 Å². The van der Waals surface area contributed by atoms with Crippen LogP contribution in [-0.2, 0) is 11.3 Å². The summed E-state index contributed by atoms with van der Waals surface area (Å²) in [4.78, 5) is 0. The van der Waals surface area contributed by atoms with Gasteiger partial charge in [0, 0.05) is 0 Å². The Balaban J connectivity index is 2.46. The second-order valence-electron chi connectivity index (χ2n) is 3.64. The van der Waals surface area contributed by atoms with Crippen LogP contribution in [-0.4, -0.2) is 6.61 Å². The molecule has 1 aromatic carbocycles. The molecule has 0 bridgehead atoms. The highest BCUT2D eigenvalue weighted by Crippen LogP contribution is 2.23. The molecule has 2 rings (SSSR count). The number of fused-ring (bicyclic) bond motifs is 1. The van der Waals surface area contributed by atoms with Gasteiger partial charge in [-0.1, -0.05) is 49.4 Å². The molecule has 1 nitrogen and oxygen atoms in total. The van der Waals surface area contributed by atoms with E-state index in [1.54, 1.807) is 0 Å². The molecular formula is C14H16O. The maximum atomic E-state index is 5.51. The molecule has 1 aliphatic heterocycles. The van der Waals surface area contributed by atoms with Crippen molar-refractivity contribution in [3.8, 4) is 0 Å². The van der Waals surface area contributed by atoms with E-state index in [4.69, 9.17) is 4.74 Å². The molecular weight excluding hydrogens is 184 g/mol. The van der Waals surface area contributed by atoms with Crippen molar-refractivity contribution in [3.05, 3.63) is 53.6 Å². The Kier molecular flexibility index (Phi) is 3.36. The average Bonchev–Trinajstić information content (AvgIpc) is 2.24. The molecule has 1 heteroatoms. The van der Waals surface area contributed by atoms with Gasteiger partial charge in [-0.3, -0.25) is 0 Å². The van der Waals surface area contributed by atoms with E-state index in [2.05, 4.69) is 49.4 Å². The third kappa shape index (κ3) is 2.37. The lowest BCUT2D eigenvalue weighted by Gasteiger charge is -2.13. The molecule has 0 fully saturated rings. The lowest BCUT2D eigenvalue weighted by atomic mass is 9.98. The fourth-order valence-corrected chi connectivity index (χ4v) is 1.83. The summed E-state index contributed by atoms with van der Waals surface area (Å²) in [6, 6.07) is 8.45. The second-order valence-corrected chi connectivity index (χ2v) is 3.64. The minimum absolute atomic E-state index is 0.704. The zero-order chi connectivity index (χ0) is 10.5. The molecule has 0 aromatic heterocycles. The third-order valence-electron chi connectivity index (χ3n) is 2.52. The fraction of sp³-hybridized carbons (Fsp3) is 0.286. The molecule has 0 radical (unpaired) electrons. The molecule has 1 aliphatic rings. The van der Waals surface area contributed by atoms with E-state index in [-0.39, 0.29) is 0 Å². The molecule has 0 unspecified atom stereocenters. The minimum atomic E-state index is 0.704. The van der Waals surface area contributed by atoms with Crippen LogP contribution in [0.1, 0.15) is 24.5 Å². The lowest BCUT2D eigenvalue weighted by molar-refractivity contribution is 0.148. The summed E-state index contributed by atoms with van der Waals surface area (Å²) in [5.41, 5.74) is 3.90. The van der Waals surface area contributed by atoms with Gasteiger partial charge in [0.05, 0.1) is 13.2 Å². The Morgan fingerprint density at radius 1 is 1.33 bits per heavy atom. The van der Waals surface area contributed by atoms with Crippen LogP contribution < -0.4 is 0 Å². The van der Waals surface area contributed by atoms with Crippen molar-refractivity contribution >= 4 is 5.57 Å². The van der Waals surface area contributed by atoms with Gasteiger partial charge in [0.1, 0.15) is 0 Å². The molecule has 1 heterocycles. The number of allylic oxidation sites excluding steroid dienone is 3. The topological polar surface area (TPSA) is 9.23 Å². The van der Waals surface area contributed by atoms with E-state index >= 15 is 0 Å². The molecule has 0 spiro atoms. The Bertz CT molecular complexity index is 388. The minimum Gasteiger partial charge on any atom is -0.373 e. The molecule has 1 aromatic rings. The third-order valence-corrected chi connectivity index (χ3v) is 2.52. The molecule has 15 heavy (non-hydrogen) atoms. The molecule has 0 aliphatic carbocycles. The van der Waals surface area contributed by atoms with Gasteiger partial charge in [-0.25, -0.2) is 0 Å². The van der Waals surface area contributed by atoms with Gasteiger partial charge in [0.25, 0.3) is 0 Å². The van der Waals surface area contributed by atoms with Crippen LogP contribution in [0.4, 0.5) is 0 Å². The van der Waals surface area contributed by atoms with Crippen LogP contribution in [0, 0.1) is 0 Å². The zero-order valence-corrected chi connectivity index (χ0v) is 9.07. The zero-order valence-electron chi connectivity index (χ0n) is 9.07. The maximum absolute atomic E-state index is 5.51. The monoisotopic (exact) mass is 200 g/mol. The molecule has 0 saturated carbocycles. The molecule has 0 amide bonds. The largest absolute Gasteiger partial charge is 0.373 e. The highest BCUT2D eigenvalue weighted by atomic mass is 16.5. The Hall–Kier alpha value is -1.34. The van der Waals surface area contributed by atoms with E-state index in [0.29, 0.717) is 13.2 Å². The average molecular weight is 200 g/mol. The maximum Gasteiger partial charge on any atom is 0.0727 e. The number of ether oxygens (including phenoxy) is 1. The summed E-state index contributed by atoms with van der Waals surface area (Å²) in [6.45, 7) is 3.58. The van der Waals surface area contributed by atoms with Crippen LogP contribution in [0.25, 0.3) is 5.57 Å². The van der Waals surface area contributed by atoms with Crippen LogP contribution in [0.3, 0.4) is 0 Å². The summed E-state index contributed by atoms with van der Waals surface area (Å²) < 4.78 is 5.51. The standard InChI is InChI=1S/C14H16O/c1-2-6-12-8-5-10-15-11-13-7-3-4-9-14(12)13/h3-9H,2,10-11H2,1H3/b8-5-,12-6-. The van der Waals surface area contributed by atoms with Gasteiger partial charge in [0.2, 0.25) is 0 Å². The van der Waals surface area contributed by atoms with Gasteiger partial charge >= 0.3 is 0 Å². The highest BCUT2D eigenvalue weighted by Gasteiger charge is 2.06. The van der Waals surface area contributed by atoms with Gasteiger partial charge < -0.3 is 4.74 Å². The normalized spacial score (nSPS) is 20.5. The molecule has 78 valence electrons. The van der Waals surface area contributed by atoms with Crippen LogP contribution in [0.5, 0.6) is 0 Å². The van der Waals surface area contributed by atoms with E-state index in [1.165, 1.54) is 16.7 Å². The number of benzene rings is 1. The van der Waals surface area contributed by atoms with Crippen molar-refractivity contribution in [1.29, 1.82) is 0 Å². The van der Waals surface area contributed by atoms with Crippen LogP contribution >= 0.6 is 0 Å². The van der Waals surface area contributed by atoms with Crippen molar-refractivity contribution in [3.63, 3.8) is 0 Å². The first kappa shape index (κ1) is 10.2. The van der Waals surface area contributed by atoms with Crippen molar-refractivity contribution in [1.82, 2.24) is 0 Å². The first-order chi connectivity index (χ1) is 7.42. The Morgan fingerprint density at radius 3 is 3.07 bits per heavy atom. The smallest absolute Gasteiger partial charge is 0.0727 e. The highest BCUT2D eigenvalue weighted by molar-refractivity contribution is 5.76. The Morgan fingerprint density at radius 2 is 2.20 bits per heavy atom. The Labute approximate surface area is 91.1 Å². The molecule has 0 saturated heterocycles. The predicted octanol–water partition coefficient (Wildman–Crippen LogP) is 3.57. The van der Waals surface area contributed by atoms with E-state index in [0.717, 1.165) is 6.42 Å². The quantitative estimate of drug-likeness (QED) is 0.673. The van der Waals surface area contributed by atoms with Crippen molar-refractivity contribution < 1.29 is 4.74 Å². The van der Waals surface area contributed by atoms with Crippen molar-refractivity contribution in [2.75, 3.05) is 6.61 Å². The summed E-state index contributed by atoms with van der Waals surface area (Å²) in [5.74, 6) is 0. The number of rotatable bonds is 1. The van der Waals surface area contributed by atoms with E-state index in [9.17, 15) is 0 Å². The first-order valence-electron chi connectivity index (χ1n) is 5.44. The summed E-state index contributed by atoms with van der Waals surface area (Å²) in [5, 5.41) is 0. The van der Waals surface area contributed by atoms with E-state index in [1.807, 2.05) is 0 Å². The molecule has 0 N–H and O–H groups in total. The fourth-order valence-electron chi connectivity index (χ4n) is 1.83. The lowest BCUT2D eigenvalue weighted by Crippen LogP contribution is -2.00. The van der Waals surface area contributed by atoms with E-state index < -0.39 is 0 Å². The second kappa shape index (κ2) is 4.94. The van der Waals surface area contributed by atoms with Crippen LogP contribution in [0.15, 0.2) is 42.5 Å². The number of hydrogen-bond acceptors (Lipinski definition) is 1. The SMILES string of the molecule is CC/C=C1/C=C\COCc2ccccc21. The van der Waals surface area contributed by atoms with Crippen molar-refractivity contribution in [2.45, 2.75) is 20.0 Å². The summed E-state index contributed by atoms with van der Waals surface area (Å²) >= 11 is 0. The summed E-state index contributed by atoms with van der Waals surface area (Å²) in [7, 11) is 0. The molecule has 0 atom stereocenters. The number of hydrogen-bond donors (Lipinski definition) is 0.